The molecule has 3 rings (SSSR count). The molecule has 1 saturated carbocycles. The van der Waals surface area contributed by atoms with E-state index in [1.807, 2.05) is 17.9 Å². The molecule has 1 saturated heterocycles. The molecule has 1 spiro atoms. The van der Waals surface area contributed by atoms with Crippen LogP contribution < -0.4 is 5.32 Å². The summed E-state index contributed by atoms with van der Waals surface area (Å²) in [6.07, 6.45) is 17.5. The summed E-state index contributed by atoms with van der Waals surface area (Å²) in [6, 6.07) is 0. The Labute approximate surface area is 182 Å². The molecule has 27 heavy (non-hydrogen) atoms. The molecular formula is C21H38IN5. The van der Waals surface area contributed by atoms with Gasteiger partial charge >= 0.3 is 0 Å². The maximum atomic E-state index is 4.96. The molecule has 0 atom stereocenters. The molecule has 1 aliphatic carbocycles. The van der Waals surface area contributed by atoms with E-state index >= 15 is 0 Å². The zero-order valence-corrected chi connectivity index (χ0v) is 19.6. The second kappa shape index (κ2) is 11.3. The summed E-state index contributed by atoms with van der Waals surface area (Å²) < 4.78 is 1.88. The van der Waals surface area contributed by atoms with Crippen LogP contribution in [0.4, 0.5) is 0 Å². The minimum absolute atomic E-state index is 0. The van der Waals surface area contributed by atoms with Crippen molar-refractivity contribution >= 4 is 29.9 Å². The number of hydrogen-bond acceptors (Lipinski definition) is 2. The first-order chi connectivity index (χ1) is 12.7. The number of halogens is 1. The zero-order valence-electron chi connectivity index (χ0n) is 17.3. The van der Waals surface area contributed by atoms with Crippen molar-refractivity contribution in [2.75, 3.05) is 26.2 Å². The SMILES string of the molecule is CCNC(=NCCCc1cnn(C)c1)N1CCCC2(CCCCCC2)C1.I. The third kappa shape index (κ3) is 6.64. The largest absolute Gasteiger partial charge is 0.357 e. The molecule has 6 heteroatoms. The molecule has 2 fully saturated rings. The summed E-state index contributed by atoms with van der Waals surface area (Å²) in [5.41, 5.74) is 1.86. The molecule has 0 bridgehead atoms. The topological polar surface area (TPSA) is 45.5 Å². The molecule has 2 aliphatic rings. The van der Waals surface area contributed by atoms with E-state index in [2.05, 4.69) is 28.4 Å². The zero-order chi connectivity index (χ0) is 18.2. The van der Waals surface area contributed by atoms with Gasteiger partial charge in [-0.2, -0.15) is 5.10 Å². The third-order valence-electron chi connectivity index (χ3n) is 6.10. The van der Waals surface area contributed by atoms with E-state index < -0.39 is 0 Å². The number of piperidine rings is 1. The van der Waals surface area contributed by atoms with E-state index in [9.17, 15) is 0 Å². The molecule has 0 aromatic carbocycles. The van der Waals surface area contributed by atoms with Crippen molar-refractivity contribution in [3.63, 3.8) is 0 Å². The highest BCUT2D eigenvalue weighted by atomic mass is 127. The fourth-order valence-electron chi connectivity index (χ4n) is 4.77. The lowest BCUT2D eigenvalue weighted by Crippen LogP contribution is -2.50. The average Bonchev–Trinajstić information content (AvgIpc) is 2.93. The highest BCUT2D eigenvalue weighted by Gasteiger charge is 2.36. The minimum atomic E-state index is 0. The van der Waals surface area contributed by atoms with Crippen molar-refractivity contribution < 1.29 is 0 Å². The van der Waals surface area contributed by atoms with E-state index in [0.717, 1.165) is 38.4 Å². The van der Waals surface area contributed by atoms with Gasteiger partial charge in [0.25, 0.3) is 0 Å². The van der Waals surface area contributed by atoms with Gasteiger partial charge in [-0.25, -0.2) is 0 Å². The monoisotopic (exact) mass is 487 g/mol. The molecule has 2 heterocycles. The lowest BCUT2D eigenvalue weighted by Gasteiger charge is -2.44. The van der Waals surface area contributed by atoms with Gasteiger partial charge in [0.15, 0.2) is 5.96 Å². The normalized spacial score (nSPS) is 20.2. The maximum Gasteiger partial charge on any atom is 0.193 e. The van der Waals surface area contributed by atoms with Gasteiger partial charge in [0.2, 0.25) is 0 Å². The van der Waals surface area contributed by atoms with Crippen molar-refractivity contribution in [1.82, 2.24) is 20.0 Å². The summed E-state index contributed by atoms with van der Waals surface area (Å²) in [5, 5.41) is 7.80. The molecule has 5 nitrogen and oxygen atoms in total. The number of aryl methyl sites for hydroxylation is 2. The van der Waals surface area contributed by atoms with Crippen LogP contribution in [0, 0.1) is 5.41 Å². The maximum absolute atomic E-state index is 4.96. The van der Waals surface area contributed by atoms with Crippen LogP contribution >= 0.6 is 24.0 Å². The van der Waals surface area contributed by atoms with Crippen LogP contribution in [0.15, 0.2) is 17.4 Å². The minimum Gasteiger partial charge on any atom is -0.357 e. The van der Waals surface area contributed by atoms with E-state index in [1.165, 1.54) is 63.5 Å². The number of nitrogens with zero attached hydrogens (tertiary/aromatic N) is 4. The van der Waals surface area contributed by atoms with Crippen LogP contribution in [0.5, 0.6) is 0 Å². The van der Waals surface area contributed by atoms with Crippen LogP contribution in [-0.2, 0) is 13.5 Å². The van der Waals surface area contributed by atoms with Crippen LogP contribution in [0.25, 0.3) is 0 Å². The van der Waals surface area contributed by atoms with Gasteiger partial charge in [-0.1, -0.05) is 25.7 Å². The molecule has 1 aromatic rings. The number of aliphatic imine (C=N–C) groups is 1. The summed E-state index contributed by atoms with van der Waals surface area (Å²) >= 11 is 0. The quantitative estimate of drug-likeness (QED) is 0.290. The number of rotatable bonds is 5. The van der Waals surface area contributed by atoms with Crippen molar-refractivity contribution in [1.29, 1.82) is 0 Å². The second-order valence-corrected chi connectivity index (χ2v) is 8.30. The van der Waals surface area contributed by atoms with Gasteiger partial charge < -0.3 is 10.2 Å². The standard InChI is InChI=1S/C21H37N5.HI/c1-3-22-20(23-14-8-10-19-16-24-25(2)17-19)26-15-9-13-21(18-26)11-6-4-5-7-12-21;/h16-17H,3-15,18H2,1-2H3,(H,22,23);1H. The van der Waals surface area contributed by atoms with E-state index in [4.69, 9.17) is 4.99 Å². The summed E-state index contributed by atoms with van der Waals surface area (Å²) in [7, 11) is 1.98. The number of hydrogen-bond donors (Lipinski definition) is 1. The molecule has 0 unspecified atom stereocenters. The Morgan fingerprint density at radius 2 is 1.93 bits per heavy atom. The van der Waals surface area contributed by atoms with E-state index in [-0.39, 0.29) is 24.0 Å². The Balaban J connectivity index is 0.00000261. The third-order valence-corrected chi connectivity index (χ3v) is 6.10. The highest BCUT2D eigenvalue weighted by molar-refractivity contribution is 14.0. The van der Waals surface area contributed by atoms with Crippen LogP contribution in [0.3, 0.4) is 0 Å². The van der Waals surface area contributed by atoms with Gasteiger partial charge in [-0.15, -0.1) is 24.0 Å². The number of guanidine groups is 1. The van der Waals surface area contributed by atoms with Gasteiger partial charge in [0.05, 0.1) is 6.20 Å². The number of nitrogens with one attached hydrogen (secondary N) is 1. The molecule has 1 aromatic heterocycles. The van der Waals surface area contributed by atoms with Crippen LogP contribution in [0.1, 0.15) is 70.3 Å². The first-order valence-electron chi connectivity index (χ1n) is 10.7. The Hall–Kier alpha value is -0.790. The summed E-state index contributed by atoms with van der Waals surface area (Å²) in [4.78, 5) is 7.52. The Kier molecular flexibility index (Phi) is 9.39. The van der Waals surface area contributed by atoms with Gasteiger partial charge in [-0.3, -0.25) is 9.67 Å². The predicted octanol–water partition coefficient (Wildman–Crippen LogP) is 4.37. The fraction of sp³-hybridized carbons (Fsp3) is 0.810. The first kappa shape index (κ1) is 22.5. The van der Waals surface area contributed by atoms with Crippen LogP contribution in [-0.4, -0.2) is 46.8 Å². The fourth-order valence-corrected chi connectivity index (χ4v) is 4.77. The average molecular weight is 487 g/mol. The molecule has 0 radical (unpaired) electrons. The Bertz CT molecular complexity index is 575. The van der Waals surface area contributed by atoms with Crippen LogP contribution in [0.2, 0.25) is 0 Å². The first-order valence-corrected chi connectivity index (χ1v) is 10.7. The van der Waals surface area contributed by atoms with Crippen molar-refractivity contribution in [3.05, 3.63) is 18.0 Å². The number of likely N-dealkylation sites (tertiary alicyclic amines) is 1. The highest BCUT2D eigenvalue weighted by Crippen LogP contribution is 2.42. The molecule has 0 amide bonds. The lowest BCUT2D eigenvalue weighted by molar-refractivity contribution is 0.115. The molecule has 1 aliphatic heterocycles. The van der Waals surface area contributed by atoms with Gasteiger partial charge in [0, 0.05) is 39.4 Å². The smallest absolute Gasteiger partial charge is 0.193 e. The lowest BCUT2D eigenvalue weighted by atomic mass is 9.74. The Morgan fingerprint density at radius 3 is 2.59 bits per heavy atom. The molecular weight excluding hydrogens is 449 g/mol. The van der Waals surface area contributed by atoms with Gasteiger partial charge in [0.1, 0.15) is 0 Å². The second-order valence-electron chi connectivity index (χ2n) is 8.30. The van der Waals surface area contributed by atoms with E-state index in [1.54, 1.807) is 0 Å². The summed E-state index contributed by atoms with van der Waals surface area (Å²) in [6.45, 7) is 6.39. The summed E-state index contributed by atoms with van der Waals surface area (Å²) in [5.74, 6) is 1.14. The van der Waals surface area contributed by atoms with E-state index in [0.29, 0.717) is 5.41 Å². The number of aromatic nitrogens is 2. The van der Waals surface area contributed by atoms with Crippen molar-refractivity contribution in [2.45, 2.75) is 71.1 Å². The van der Waals surface area contributed by atoms with Gasteiger partial charge in [-0.05, 0) is 56.4 Å². The Morgan fingerprint density at radius 1 is 1.19 bits per heavy atom. The van der Waals surface area contributed by atoms with Crippen molar-refractivity contribution in [3.8, 4) is 0 Å². The molecule has 154 valence electrons. The predicted molar refractivity (Wildman–Crippen MR) is 124 cm³/mol. The molecule has 1 N–H and O–H groups in total. The van der Waals surface area contributed by atoms with Crippen molar-refractivity contribution in [2.24, 2.45) is 17.5 Å².